The molecule has 17 heteroatoms. The second kappa shape index (κ2) is 12.3. The van der Waals surface area contributed by atoms with Crippen LogP contribution in [0.1, 0.15) is 0 Å². The van der Waals surface area contributed by atoms with Crippen molar-refractivity contribution in [2.24, 2.45) is 10.2 Å². The molecule has 176 valence electrons. The van der Waals surface area contributed by atoms with Crippen LogP contribution in [0.3, 0.4) is 0 Å². The number of hydrogen-bond donors (Lipinski definition) is 3. The zero-order valence-corrected chi connectivity index (χ0v) is 21.6. The van der Waals surface area contributed by atoms with Gasteiger partial charge in [0, 0.05) is 12.2 Å². The molecular formula is C16H18N3NaO10S3. The molecule has 0 unspecified atom stereocenters. The average molecular weight is 532 g/mol. The number of aliphatic hydroxyl groups excluding tert-OH is 1. The van der Waals surface area contributed by atoms with Gasteiger partial charge in [0.05, 0.1) is 29.5 Å². The summed E-state index contributed by atoms with van der Waals surface area (Å²) in [4.78, 5) is -1.42. The number of rotatable bonds is 11. The summed E-state index contributed by atoms with van der Waals surface area (Å²) in [7, 11) is -14.3. The van der Waals surface area contributed by atoms with Gasteiger partial charge in [0.25, 0.3) is 10.1 Å². The predicted octanol–water partition coefficient (Wildman–Crippen LogP) is -1.99. The van der Waals surface area contributed by atoms with Crippen molar-refractivity contribution in [1.29, 1.82) is 0 Å². The molecule has 0 aromatic heterocycles. The van der Waals surface area contributed by atoms with Gasteiger partial charge in [-0.2, -0.15) is 13.5 Å². The van der Waals surface area contributed by atoms with Crippen LogP contribution in [0.4, 0.5) is 17.1 Å². The molecule has 0 aliphatic carbocycles. The topological polar surface area (TPSA) is 212 Å². The van der Waals surface area contributed by atoms with E-state index >= 15 is 0 Å². The van der Waals surface area contributed by atoms with Crippen molar-refractivity contribution in [3.63, 3.8) is 0 Å². The molecule has 0 heterocycles. The van der Waals surface area contributed by atoms with Crippen LogP contribution in [0.15, 0.2) is 62.5 Å². The standard InChI is InChI=1S/C16H19N3O10S3.Na/c20-8-7-17-12-1-3-13(4-2-12)18-19-15-6-5-14(11-16(15)31(23,24)25)30(21,22)10-9-29-32(26,27)28;/h1-6,11,17,20H,7-10H2,(H,23,24,25)(H,26,27,28);/q;+1/p-1. The van der Waals surface area contributed by atoms with Crippen LogP contribution in [-0.2, 0) is 34.5 Å². The van der Waals surface area contributed by atoms with Crippen LogP contribution in [0.2, 0.25) is 0 Å². The van der Waals surface area contributed by atoms with Gasteiger partial charge in [-0.3, -0.25) is 8.74 Å². The first-order valence-corrected chi connectivity index (χ1v) is 13.1. The minimum absolute atomic E-state index is 0. The van der Waals surface area contributed by atoms with E-state index in [1.54, 1.807) is 24.3 Å². The van der Waals surface area contributed by atoms with Gasteiger partial charge in [-0.05, 0) is 42.5 Å². The van der Waals surface area contributed by atoms with Gasteiger partial charge < -0.3 is 15.0 Å². The van der Waals surface area contributed by atoms with Crippen molar-refractivity contribution in [3.05, 3.63) is 42.5 Å². The third-order valence-electron chi connectivity index (χ3n) is 3.73. The van der Waals surface area contributed by atoms with Crippen molar-refractivity contribution < 1.29 is 73.2 Å². The first-order valence-electron chi connectivity index (χ1n) is 8.63. The minimum atomic E-state index is -5.10. The third kappa shape index (κ3) is 9.73. The Kier molecular flexibility index (Phi) is 11.0. The van der Waals surface area contributed by atoms with Gasteiger partial charge in [0.2, 0.25) is 10.4 Å². The Bertz CT molecular complexity index is 1300. The SMILES string of the molecule is O=S(=O)([O-])OCCS(=O)(=O)c1ccc(N=Nc2ccc(NCCO)cc2)c(S(=O)(=O)O)c1.[Na+]. The van der Waals surface area contributed by atoms with Crippen molar-refractivity contribution in [2.75, 3.05) is 30.8 Å². The summed E-state index contributed by atoms with van der Waals surface area (Å²) < 4.78 is 92.5. The van der Waals surface area contributed by atoms with Crippen LogP contribution < -0.4 is 34.9 Å². The second-order valence-corrected chi connectivity index (χ2v) is 10.6. The van der Waals surface area contributed by atoms with Crippen molar-refractivity contribution in [1.82, 2.24) is 0 Å². The number of anilines is 1. The number of nitrogens with zero attached hydrogens (tertiary/aromatic N) is 2. The predicted molar refractivity (Wildman–Crippen MR) is 110 cm³/mol. The Morgan fingerprint density at radius 1 is 0.970 bits per heavy atom. The molecule has 0 aliphatic heterocycles. The van der Waals surface area contributed by atoms with Gasteiger partial charge in [-0.15, -0.1) is 5.11 Å². The molecule has 0 aliphatic rings. The largest absolute Gasteiger partial charge is 1.00 e. The van der Waals surface area contributed by atoms with E-state index in [0.717, 1.165) is 12.1 Å². The maximum absolute atomic E-state index is 12.3. The van der Waals surface area contributed by atoms with Crippen LogP contribution in [0.5, 0.6) is 0 Å². The summed E-state index contributed by atoms with van der Waals surface area (Å²) in [5.74, 6) is -0.934. The fraction of sp³-hybridized carbons (Fsp3) is 0.250. The fourth-order valence-corrected chi connectivity index (χ4v) is 4.53. The van der Waals surface area contributed by atoms with E-state index < -0.39 is 52.5 Å². The Balaban J connectivity index is 0.00000544. The summed E-state index contributed by atoms with van der Waals surface area (Å²) >= 11 is 0. The molecule has 13 nitrogen and oxygen atoms in total. The van der Waals surface area contributed by atoms with Crippen LogP contribution in [0.25, 0.3) is 0 Å². The van der Waals surface area contributed by atoms with Gasteiger partial charge in [0.15, 0.2) is 9.84 Å². The van der Waals surface area contributed by atoms with Crippen molar-refractivity contribution in [2.45, 2.75) is 9.79 Å². The zero-order chi connectivity index (χ0) is 24.0. The quantitative estimate of drug-likeness (QED) is 0.125. The molecule has 0 fully saturated rings. The Morgan fingerprint density at radius 3 is 2.15 bits per heavy atom. The number of benzene rings is 2. The van der Waals surface area contributed by atoms with Gasteiger partial charge in [-0.1, -0.05) is 0 Å². The smallest absolute Gasteiger partial charge is 0.726 e. The minimum Gasteiger partial charge on any atom is -0.726 e. The molecule has 0 amide bonds. The van der Waals surface area contributed by atoms with E-state index in [1.165, 1.54) is 0 Å². The molecule has 0 saturated heterocycles. The number of hydrogen-bond acceptors (Lipinski definition) is 12. The fourth-order valence-electron chi connectivity index (χ4n) is 2.30. The van der Waals surface area contributed by atoms with Crippen LogP contribution >= 0.6 is 0 Å². The molecule has 2 rings (SSSR count). The molecule has 0 saturated carbocycles. The van der Waals surface area contributed by atoms with Crippen molar-refractivity contribution >= 4 is 47.4 Å². The Morgan fingerprint density at radius 2 is 1.61 bits per heavy atom. The average Bonchev–Trinajstić information content (AvgIpc) is 2.69. The van der Waals surface area contributed by atoms with Gasteiger partial charge >= 0.3 is 29.6 Å². The van der Waals surface area contributed by atoms with E-state index in [-0.39, 0.29) is 41.9 Å². The molecule has 0 spiro atoms. The molecular weight excluding hydrogens is 513 g/mol. The summed E-state index contributed by atoms with van der Waals surface area (Å²) in [5.41, 5.74) is 0.653. The molecule has 3 N–H and O–H groups in total. The van der Waals surface area contributed by atoms with Crippen LogP contribution in [-0.4, -0.2) is 65.0 Å². The first kappa shape index (κ1) is 29.6. The molecule has 0 bridgehead atoms. The number of nitrogens with one attached hydrogen (secondary N) is 1. The molecule has 2 aromatic rings. The normalized spacial score (nSPS) is 12.5. The second-order valence-electron chi connectivity index (χ2n) is 6.05. The monoisotopic (exact) mass is 531 g/mol. The summed E-state index contributed by atoms with van der Waals surface area (Å²) in [6.45, 7) is -0.691. The van der Waals surface area contributed by atoms with E-state index in [9.17, 15) is 34.4 Å². The maximum Gasteiger partial charge on any atom is 1.00 e. The zero-order valence-electron chi connectivity index (χ0n) is 17.1. The number of azo groups is 1. The molecule has 0 radical (unpaired) electrons. The van der Waals surface area contributed by atoms with Gasteiger partial charge in [-0.25, -0.2) is 16.8 Å². The molecule has 2 aromatic carbocycles. The van der Waals surface area contributed by atoms with Gasteiger partial charge in [0.1, 0.15) is 10.6 Å². The summed E-state index contributed by atoms with van der Waals surface area (Å²) in [6, 6.07) is 8.94. The molecule has 33 heavy (non-hydrogen) atoms. The molecule has 0 atom stereocenters. The Hall–Kier alpha value is -1.47. The summed E-state index contributed by atoms with van der Waals surface area (Å²) in [6.07, 6.45) is 0. The third-order valence-corrected chi connectivity index (χ3v) is 6.74. The maximum atomic E-state index is 12.3. The van der Waals surface area contributed by atoms with E-state index in [1.807, 2.05) is 0 Å². The van der Waals surface area contributed by atoms with Crippen molar-refractivity contribution in [3.8, 4) is 0 Å². The first-order chi connectivity index (χ1) is 14.8. The Labute approximate surface area is 212 Å². The van der Waals surface area contributed by atoms with E-state index in [0.29, 0.717) is 24.0 Å². The number of aliphatic hydroxyl groups is 1. The van der Waals surface area contributed by atoms with E-state index in [4.69, 9.17) is 5.11 Å². The van der Waals surface area contributed by atoms with E-state index in [2.05, 4.69) is 19.7 Å². The van der Waals surface area contributed by atoms with Crippen LogP contribution in [0, 0.1) is 0 Å². The summed E-state index contributed by atoms with van der Waals surface area (Å²) in [5, 5.41) is 19.3. The number of sulfone groups is 1.